The van der Waals surface area contributed by atoms with Gasteiger partial charge in [-0.15, -0.1) is 0 Å². The van der Waals surface area contributed by atoms with Crippen molar-refractivity contribution in [3.05, 3.63) is 58.9 Å². The van der Waals surface area contributed by atoms with E-state index in [2.05, 4.69) is 15.6 Å². The second kappa shape index (κ2) is 7.53. The minimum atomic E-state index is -0.798. The molecule has 1 aromatic heterocycles. The minimum absolute atomic E-state index is 0.129. The van der Waals surface area contributed by atoms with Crippen molar-refractivity contribution < 1.29 is 18.6 Å². The van der Waals surface area contributed by atoms with Gasteiger partial charge in [0.25, 0.3) is 5.91 Å². The Morgan fingerprint density at radius 1 is 1.23 bits per heavy atom. The Morgan fingerprint density at radius 3 is 2.65 bits per heavy atom. The Morgan fingerprint density at radius 2 is 1.96 bits per heavy atom. The maximum atomic E-state index is 13.1. The minimum Gasteiger partial charge on any atom is -0.481 e. The van der Waals surface area contributed by atoms with E-state index >= 15 is 0 Å². The van der Waals surface area contributed by atoms with Crippen LogP contribution in [0.25, 0.3) is 11.3 Å². The molecule has 0 bridgehead atoms. The zero-order valence-electron chi connectivity index (χ0n) is 14.0. The second-order valence-corrected chi connectivity index (χ2v) is 6.04. The molecule has 0 aliphatic heterocycles. The predicted molar refractivity (Wildman–Crippen MR) is 94.6 cm³/mol. The number of halogens is 2. The Balaban J connectivity index is 1.71. The van der Waals surface area contributed by atoms with Crippen LogP contribution in [0.5, 0.6) is 5.75 Å². The lowest BCUT2D eigenvalue weighted by atomic mass is 10.1. The first-order valence-electron chi connectivity index (χ1n) is 7.76. The smallest absolute Gasteiger partial charge is 0.266 e. The predicted octanol–water partition coefficient (Wildman–Crippen LogP) is 4.24. The van der Waals surface area contributed by atoms with Gasteiger partial charge in [-0.1, -0.05) is 11.6 Å². The quantitative estimate of drug-likeness (QED) is 0.721. The lowest BCUT2D eigenvalue weighted by Gasteiger charge is -2.14. The first-order chi connectivity index (χ1) is 12.4. The number of carbonyl (C=O) groups is 1. The number of nitrogens with zero attached hydrogens (tertiary/aromatic N) is 2. The highest BCUT2D eigenvalue weighted by atomic mass is 35.5. The summed E-state index contributed by atoms with van der Waals surface area (Å²) in [6, 6.07) is 10.7. The van der Waals surface area contributed by atoms with Crippen molar-refractivity contribution >= 4 is 23.3 Å². The van der Waals surface area contributed by atoms with Crippen LogP contribution in [0.4, 0.5) is 10.2 Å². The average Bonchev–Trinajstić information content (AvgIpc) is 3.07. The van der Waals surface area contributed by atoms with E-state index in [1.54, 1.807) is 25.1 Å². The van der Waals surface area contributed by atoms with Gasteiger partial charge in [0.05, 0.1) is 0 Å². The molecule has 1 N–H and O–H groups in total. The Hall–Kier alpha value is -2.93. The van der Waals surface area contributed by atoms with Gasteiger partial charge >= 0.3 is 0 Å². The second-order valence-electron chi connectivity index (χ2n) is 5.63. The summed E-state index contributed by atoms with van der Waals surface area (Å²) in [5, 5.41) is 10.7. The maximum absolute atomic E-state index is 13.1. The van der Waals surface area contributed by atoms with Crippen LogP contribution >= 0.6 is 11.6 Å². The third-order valence-electron chi connectivity index (χ3n) is 3.66. The van der Waals surface area contributed by atoms with Crippen molar-refractivity contribution in [2.45, 2.75) is 20.0 Å². The number of hydrogen-bond donors (Lipinski definition) is 1. The van der Waals surface area contributed by atoms with Gasteiger partial charge in [-0.25, -0.2) is 9.02 Å². The summed E-state index contributed by atoms with van der Waals surface area (Å²) >= 11 is 5.98. The highest BCUT2D eigenvalue weighted by molar-refractivity contribution is 6.31. The van der Waals surface area contributed by atoms with E-state index < -0.39 is 12.0 Å². The molecule has 0 spiro atoms. The number of nitrogens with one attached hydrogen (secondary N) is 1. The van der Waals surface area contributed by atoms with Gasteiger partial charge < -0.3 is 10.1 Å². The number of benzene rings is 2. The molecule has 1 atom stereocenters. The summed E-state index contributed by atoms with van der Waals surface area (Å²) in [6.07, 6.45) is -0.798. The van der Waals surface area contributed by atoms with E-state index in [-0.39, 0.29) is 11.6 Å². The Kier molecular flexibility index (Phi) is 5.18. The van der Waals surface area contributed by atoms with Gasteiger partial charge in [0.1, 0.15) is 11.6 Å². The van der Waals surface area contributed by atoms with Crippen molar-refractivity contribution in [3.8, 4) is 17.0 Å². The molecule has 26 heavy (non-hydrogen) atoms. The van der Waals surface area contributed by atoms with E-state index in [0.29, 0.717) is 22.0 Å². The molecule has 0 aliphatic carbocycles. The molecular formula is C18H15ClFN3O3. The molecule has 8 heteroatoms. The normalized spacial score (nSPS) is 11.8. The maximum Gasteiger partial charge on any atom is 0.266 e. The molecule has 3 rings (SSSR count). The van der Waals surface area contributed by atoms with Gasteiger partial charge in [0, 0.05) is 10.6 Å². The molecule has 0 unspecified atom stereocenters. The monoisotopic (exact) mass is 375 g/mol. The number of anilines is 1. The van der Waals surface area contributed by atoms with Gasteiger partial charge in [-0.05, 0) is 72.2 Å². The summed E-state index contributed by atoms with van der Waals surface area (Å²) in [5.41, 5.74) is 1.70. The SMILES string of the molecule is Cc1cc(O[C@@H](C)C(=O)Nc2nonc2-c2ccc(F)cc2)ccc1Cl. The molecule has 0 saturated heterocycles. The van der Waals surface area contributed by atoms with Crippen molar-refractivity contribution in [2.24, 2.45) is 0 Å². The van der Waals surface area contributed by atoms with Crippen molar-refractivity contribution in [3.63, 3.8) is 0 Å². The molecule has 0 fully saturated rings. The van der Waals surface area contributed by atoms with Crippen LogP contribution in [0.15, 0.2) is 47.1 Å². The number of ether oxygens (including phenoxy) is 1. The molecule has 6 nitrogen and oxygen atoms in total. The van der Waals surface area contributed by atoms with Crippen LogP contribution in [-0.4, -0.2) is 22.3 Å². The van der Waals surface area contributed by atoms with E-state index in [1.165, 1.54) is 24.3 Å². The topological polar surface area (TPSA) is 77.2 Å². The summed E-state index contributed by atoms with van der Waals surface area (Å²) in [6.45, 7) is 3.44. The fraction of sp³-hybridized carbons (Fsp3) is 0.167. The van der Waals surface area contributed by atoms with Crippen LogP contribution in [0, 0.1) is 12.7 Å². The van der Waals surface area contributed by atoms with Gasteiger partial charge in [0.15, 0.2) is 11.8 Å². The summed E-state index contributed by atoms with van der Waals surface area (Å²) in [5.74, 6) is -0.163. The van der Waals surface area contributed by atoms with Crippen LogP contribution in [0.1, 0.15) is 12.5 Å². The summed E-state index contributed by atoms with van der Waals surface area (Å²) < 4.78 is 23.4. The fourth-order valence-corrected chi connectivity index (χ4v) is 2.35. The lowest BCUT2D eigenvalue weighted by Crippen LogP contribution is -2.30. The van der Waals surface area contributed by atoms with E-state index in [9.17, 15) is 9.18 Å². The number of rotatable bonds is 5. The Bertz CT molecular complexity index is 928. The molecular weight excluding hydrogens is 361 g/mol. The first-order valence-corrected chi connectivity index (χ1v) is 8.14. The zero-order valence-corrected chi connectivity index (χ0v) is 14.7. The highest BCUT2D eigenvalue weighted by Crippen LogP contribution is 2.25. The lowest BCUT2D eigenvalue weighted by molar-refractivity contribution is -0.122. The summed E-state index contributed by atoms with van der Waals surface area (Å²) in [4.78, 5) is 12.4. The molecule has 0 aliphatic rings. The first kappa shape index (κ1) is 17.9. The molecule has 0 saturated carbocycles. The number of amides is 1. The Labute approximate surface area is 153 Å². The van der Waals surface area contributed by atoms with Crippen molar-refractivity contribution in [2.75, 3.05) is 5.32 Å². The number of hydrogen-bond acceptors (Lipinski definition) is 5. The number of carbonyl (C=O) groups excluding carboxylic acids is 1. The van der Waals surface area contributed by atoms with Crippen LogP contribution < -0.4 is 10.1 Å². The highest BCUT2D eigenvalue weighted by Gasteiger charge is 2.20. The van der Waals surface area contributed by atoms with Crippen molar-refractivity contribution in [1.29, 1.82) is 0 Å². The third-order valence-corrected chi connectivity index (χ3v) is 4.08. The largest absolute Gasteiger partial charge is 0.481 e. The van der Waals surface area contributed by atoms with Gasteiger partial charge in [-0.2, -0.15) is 0 Å². The van der Waals surface area contributed by atoms with Gasteiger partial charge in [0.2, 0.25) is 5.82 Å². The van der Waals surface area contributed by atoms with Crippen LogP contribution in [-0.2, 0) is 4.79 Å². The summed E-state index contributed by atoms with van der Waals surface area (Å²) in [7, 11) is 0. The average molecular weight is 376 g/mol. The van der Waals surface area contributed by atoms with Crippen molar-refractivity contribution in [1.82, 2.24) is 10.3 Å². The third kappa shape index (κ3) is 4.00. The molecule has 1 amide bonds. The van der Waals surface area contributed by atoms with E-state index in [0.717, 1.165) is 5.56 Å². The van der Waals surface area contributed by atoms with E-state index in [4.69, 9.17) is 21.0 Å². The van der Waals surface area contributed by atoms with Gasteiger partial charge in [-0.3, -0.25) is 4.79 Å². The number of aryl methyl sites for hydroxylation is 1. The molecule has 3 aromatic rings. The molecule has 1 heterocycles. The standard InChI is InChI=1S/C18H15ClFN3O3/c1-10-9-14(7-8-15(10)19)25-11(2)18(24)21-17-16(22-26-23-17)12-3-5-13(20)6-4-12/h3-9,11H,1-2H3,(H,21,23,24)/t11-/m0/s1. The van der Waals surface area contributed by atoms with Crippen LogP contribution in [0.2, 0.25) is 5.02 Å². The zero-order chi connectivity index (χ0) is 18.7. The van der Waals surface area contributed by atoms with E-state index in [1.807, 2.05) is 6.92 Å². The van der Waals surface area contributed by atoms with Crippen LogP contribution in [0.3, 0.4) is 0 Å². The molecule has 0 radical (unpaired) electrons. The fourth-order valence-electron chi connectivity index (χ4n) is 2.23. The number of aromatic nitrogens is 2. The molecule has 134 valence electrons. The molecule has 2 aromatic carbocycles.